The van der Waals surface area contributed by atoms with Gasteiger partial charge in [0, 0.05) is 57.0 Å². The van der Waals surface area contributed by atoms with Gasteiger partial charge in [0.15, 0.2) is 0 Å². The molecule has 2 aliphatic rings. The Morgan fingerprint density at radius 3 is 2.03 bits per heavy atom. The van der Waals surface area contributed by atoms with Crippen LogP contribution in [0.15, 0.2) is 12.2 Å². The van der Waals surface area contributed by atoms with E-state index < -0.39 is 8.80 Å². The lowest BCUT2D eigenvalue weighted by atomic mass is 9.81. The number of nitrogens with zero attached hydrogens (tertiary/aromatic N) is 1. The van der Waals surface area contributed by atoms with Gasteiger partial charge in [-0.3, -0.25) is 19.3 Å². The molecule has 170 valence electrons. The van der Waals surface area contributed by atoms with Crippen LogP contribution < -0.4 is 5.32 Å². The number of hydrogen-bond donors (Lipinski definition) is 1. The molecule has 1 saturated carbocycles. The molecule has 1 aliphatic carbocycles. The first kappa shape index (κ1) is 24.7. The van der Waals surface area contributed by atoms with Gasteiger partial charge in [0.05, 0.1) is 0 Å². The molecule has 0 atom stereocenters. The molecule has 1 fully saturated rings. The Balaban J connectivity index is 1.69. The summed E-state index contributed by atoms with van der Waals surface area (Å²) in [6.07, 6.45) is 6.67. The maximum Gasteiger partial charge on any atom is 0.500 e. The zero-order valence-corrected chi connectivity index (χ0v) is 19.5. The Morgan fingerprint density at radius 1 is 1.00 bits per heavy atom. The molecule has 0 bridgehead atoms. The van der Waals surface area contributed by atoms with E-state index in [9.17, 15) is 14.4 Å². The summed E-state index contributed by atoms with van der Waals surface area (Å²) >= 11 is 0. The minimum atomic E-state index is -2.66. The third-order valence-electron chi connectivity index (χ3n) is 5.61. The van der Waals surface area contributed by atoms with Crippen molar-refractivity contribution in [1.29, 1.82) is 0 Å². The summed E-state index contributed by atoms with van der Waals surface area (Å²) in [5, 5.41) is 3.04. The molecule has 9 heteroatoms. The molecular weight excluding hydrogens is 404 g/mol. The summed E-state index contributed by atoms with van der Waals surface area (Å²) < 4.78 is 17.5. The maximum atomic E-state index is 12.5. The largest absolute Gasteiger partial charge is 0.500 e. The van der Waals surface area contributed by atoms with Gasteiger partial charge in [-0.2, -0.15) is 0 Å². The van der Waals surface area contributed by atoms with Gasteiger partial charge in [-0.25, -0.2) is 0 Å². The Hall–Kier alpha value is -1.55. The molecule has 0 aromatic carbocycles. The van der Waals surface area contributed by atoms with Gasteiger partial charge in [0.2, 0.25) is 5.91 Å². The van der Waals surface area contributed by atoms with Crippen molar-refractivity contribution in [3.05, 3.63) is 12.2 Å². The van der Waals surface area contributed by atoms with Gasteiger partial charge in [0.1, 0.15) is 0 Å². The summed E-state index contributed by atoms with van der Waals surface area (Å²) in [7, 11) is -2.66. The highest BCUT2D eigenvalue weighted by atomic mass is 28.4. The van der Waals surface area contributed by atoms with Crippen LogP contribution in [0.4, 0.5) is 0 Å². The van der Waals surface area contributed by atoms with Crippen molar-refractivity contribution in [2.45, 2.75) is 58.9 Å². The van der Waals surface area contributed by atoms with E-state index in [0.29, 0.717) is 39.0 Å². The van der Waals surface area contributed by atoms with E-state index in [0.717, 1.165) is 32.1 Å². The van der Waals surface area contributed by atoms with Gasteiger partial charge in [-0.05, 0) is 58.8 Å². The summed E-state index contributed by atoms with van der Waals surface area (Å²) in [6, 6.07) is 0.682. The number of amides is 3. The number of carbonyl (C=O) groups excluding carboxylic acids is 3. The van der Waals surface area contributed by atoms with Crippen molar-refractivity contribution in [2.24, 2.45) is 11.8 Å². The zero-order chi connectivity index (χ0) is 22.0. The minimum absolute atomic E-state index is 0.00275. The van der Waals surface area contributed by atoms with Crippen LogP contribution in [0.25, 0.3) is 0 Å². The number of hydrogen-bond acceptors (Lipinski definition) is 6. The number of carbonyl (C=O) groups is 3. The first-order chi connectivity index (χ1) is 14.4. The van der Waals surface area contributed by atoms with Crippen LogP contribution in [-0.2, 0) is 27.7 Å². The van der Waals surface area contributed by atoms with Crippen molar-refractivity contribution < 1.29 is 27.7 Å². The highest BCUT2D eigenvalue weighted by Gasteiger charge is 2.39. The van der Waals surface area contributed by atoms with Gasteiger partial charge in [-0.15, -0.1) is 0 Å². The van der Waals surface area contributed by atoms with Gasteiger partial charge in [0.25, 0.3) is 11.8 Å². The molecule has 1 aliphatic heterocycles. The van der Waals surface area contributed by atoms with Crippen LogP contribution >= 0.6 is 0 Å². The topological polar surface area (TPSA) is 94.2 Å². The van der Waals surface area contributed by atoms with Crippen molar-refractivity contribution in [1.82, 2.24) is 10.2 Å². The molecule has 30 heavy (non-hydrogen) atoms. The van der Waals surface area contributed by atoms with Crippen LogP contribution in [0.5, 0.6) is 0 Å². The van der Waals surface area contributed by atoms with Gasteiger partial charge in [-0.1, -0.05) is 0 Å². The van der Waals surface area contributed by atoms with Gasteiger partial charge < -0.3 is 18.6 Å². The number of imide groups is 1. The summed E-state index contributed by atoms with van der Waals surface area (Å²) in [5.41, 5.74) is 0. The minimum Gasteiger partial charge on any atom is -0.374 e. The lowest BCUT2D eigenvalue weighted by Gasteiger charge is -2.30. The Labute approximate surface area is 180 Å². The lowest BCUT2D eigenvalue weighted by Crippen LogP contribution is -2.46. The molecular formula is C21H36N2O6Si. The molecule has 0 radical (unpaired) electrons. The molecule has 1 N–H and O–H groups in total. The zero-order valence-electron chi connectivity index (χ0n) is 18.5. The summed E-state index contributed by atoms with van der Waals surface area (Å²) in [4.78, 5) is 37.2. The Morgan fingerprint density at radius 2 is 1.53 bits per heavy atom. The van der Waals surface area contributed by atoms with E-state index in [-0.39, 0.29) is 29.6 Å². The van der Waals surface area contributed by atoms with Crippen molar-refractivity contribution in [3.8, 4) is 0 Å². The molecule has 0 aromatic rings. The predicted octanol–water partition coefficient (Wildman–Crippen LogP) is 2.27. The van der Waals surface area contributed by atoms with Crippen LogP contribution in [-0.4, -0.2) is 64.3 Å². The molecule has 2 rings (SSSR count). The summed E-state index contributed by atoms with van der Waals surface area (Å²) in [5.74, 6) is -0.106. The smallest absolute Gasteiger partial charge is 0.374 e. The lowest BCUT2D eigenvalue weighted by molar-refractivity contribution is -0.138. The van der Waals surface area contributed by atoms with E-state index in [1.165, 1.54) is 17.1 Å². The predicted molar refractivity (Wildman–Crippen MR) is 114 cm³/mol. The fourth-order valence-electron chi connectivity index (χ4n) is 4.14. The van der Waals surface area contributed by atoms with Crippen LogP contribution in [0.3, 0.4) is 0 Å². The SMILES string of the molecule is CCO[Si](CCCNC(=O)C1CCC(CN2C(=O)C=CC2=O)CC1)(OCC)OCC. The fraction of sp³-hybridized carbons (Fsp3) is 0.762. The number of rotatable bonds is 13. The third kappa shape index (κ3) is 7.00. The standard InChI is InChI=1S/C21H36N2O6Si/c1-4-27-30(28-5-2,29-6-3)15-7-14-22-21(26)18-10-8-17(9-11-18)16-23-19(24)12-13-20(23)25/h12-13,17-18H,4-11,14-16H2,1-3H3,(H,22,26). The number of nitrogens with one attached hydrogen (secondary N) is 1. The van der Waals surface area contributed by atoms with E-state index in [4.69, 9.17) is 13.3 Å². The highest BCUT2D eigenvalue weighted by molar-refractivity contribution is 6.60. The van der Waals surface area contributed by atoms with Crippen molar-refractivity contribution in [3.63, 3.8) is 0 Å². The first-order valence-corrected chi connectivity index (χ1v) is 13.1. The summed E-state index contributed by atoms with van der Waals surface area (Å²) in [6.45, 7) is 8.48. The van der Waals surface area contributed by atoms with Crippen LogP contribution in [0, 0.1) is 11.8 Å². The fourth-order valence-corrected chi connectivity index (χ4v) is 6.75. The van der Waals surface area contributed by atoms with Gasteiger partial charge >= 0.3 is 8.80 Å². The second-order valence-corrected chi connectivity index (χ2v) is 10.4. The van der Waals surface area contributed by atoms with E-state index in [1.54, 1.807) is 0 Å². The molecule has 8 nitrogen and oxygen atoms in total. The van der Waals surface area contributed by atoms with E-state index in [1.807, 2.05) is 20.8 Å². The second kappa shape index (κ2) is 12.3. The molecule has 0 spiro atoms. The second-order valence-electron chi connectivity index (χ2n) is 7.71. The molecule has 0 aromatic heterocycles. The molecule has 0 saturated heterocycles. The van der Waals surface area contributed by atoms with Crippen LogP contribution in [0.2, 0.25) is 6.04 Å². The van der Waals surface area contributed by atoms with Crippen molar-refractivity contribution >= 4 is 26.5 Å². The van der Waals surface area contributed by atoms with Crippen LogP contribution in [0.1, 0.15) is 52.9 Å². The maximum absolute atomic E-state index is 12.5. The van der Waals surface area contributed by atoms with Crippen molar-refractivity contribution in [2.75, 3.05) is 32.9 Å². The monoisotopic (exact) mass is 440 g/mol. The third-order valence-corrected chi connectivity index (χ3v) is 8.76. The van der Waals surface area contributed by atoms with E-state index >= 15 is 0 Å². The Bertz CT molecular complexity index is 584. The molecule has 1 heterocycles. The van der Waals surface area contributed by atoms with E-state index in [2.05, 4.69) is 5.32 Å². The quantitative estimate of drug-likeness (QED) is 0.268. The average Bonchev–Trinajstić information content (AvgIpc) is 3.04. The molecule has 3 amide bonds. The molecule has 0 unspecified atom stereocenters. The Kier molecular flexibility index (Phi) is 10.2. The highest BCUT2D eigenvalue weighted by Crippen LogP contribution is 2.30. The normalized spacial score (nSPS) is 22.0. The average molecular weight is 441 g/mol. The first-order valence-electron chi connectivity index (χ1n) is 11.2.